The fourth-order valence-electron chi connectivity index (χ4n) is 2.83. The van der Waals surface area contributed by atoms with Crippen molar-refractivity contribution in [3.8, 4) is 0 Å². The molecular formula is C17H28N2O. The second-order valence-electron chi connectivity index (χ2n) is 5.55. The van der Waals surface area contributed by atoms with Gasteiger partial charge in [0.15, 0.2) is 0 Å². The van der Waals surface area contributed by atoms with E-state index in [-0.39, 0.29) is 0 Å². The van der Waals surface area contributed by atoms with Crippen LogP contribution in [0.4, 0.5) is 0 Å². The quantitative estimate of drug-likeness (QED) is 0.829. The predicted octanol–water partition coefficient (Wildman–Crippen LogP) is 2.84. The first-order valence-electron chi connectivity index (χ1n) is 7.95. The molecule has 1 aromatic carbocycles. The largest absolute Gasteiger partial charge is 0.374 e. The number of hydrogen-bond acceptors (Lipinski definition) is 3. The van der Waals surface area contributed by atoms with Gasteiger partial charge >= 0.3 is 0 Å². The van der Waals surface area contributed by atoms with E-state index in [4.69, 9.17) is 4.74 Å². The lowest BCUT2D eigenvalue weighted by Crippen LogP contribution is -2.46. The zero-order chi connectivity index (χ0) is 14.2. The number of hydrogen-bond donors (Lipinski definition) is 1. The van der Waals surface area contributed by atoms with Gasteiger partial charge in [0.25, 0.3) is 0 Å². The van der Waals surface area contributed by atoms with Crippen molar-refractivity contribution in [2.45, 2.75) is 38.8 Å². The van der Waals surface area contributed by atoms with Gasteiger partial charge in [0.1, 0.15) is 0 Å². The van der Waals surface area contributed by atoms with E-state index in [2.05, 4.69) is 54.4 Å². The van der Waals surface area contributed by atoms with Gasteiger partial charge in [0.2, 0.25) is 0 Å². The summed E-state index contributed by atoms with van der Waals surface area (Å²) in [5, 5.41) is 3.70. The molecule has 0 saturated carbocycles. The van der Waals surface area contributed by atoms with Crippen molar-refractivity contribution >= 4 is 0 Å². The summed E-state index contributed by atoms with van der Waals surface area (Å²) < 4.78 is 5.87. The van der Waals surface area contributed by atoms with Gasteiger partial charge in [-0.2, -0.15) is 0 Å². The summed E-state index contributed by atoms with van der Waals surface area (Å²) in [5.74, 6) is 0. The van der Waals surface area contributed by atoms with Gasteiger partial charge in [-0.05, 0) is 18.5 Å². The van der Waals surface area contributed by atoms with E-state index >= 15 is 0 Å². The molecular weight excluding hydrogens is 248 g/mol. The Balaban J connectivity index is 1.86. The van der Waals surface area contributed by atoms with Crippen molar-refractivity contribution in [2.24, 2.45) is 0 Å². The number of nitrogens with zero attached hydrogens (tertiary/aromatic N) is 1. The third-order valence-electron chi connectivity index (χ3n) is 4.04. The minimum absolute atomic E-state index is 0.326. The van der Waals surface area contributed by atoms with Crippen LogP contribution in [0.2, 0.25) is 0 Å². The highest BCUT2D eigenvalue weighted by molar-refractivity contribution is 5.18. The molecule has 0 aromatic heterocycles. The van der Waals surface area contributed by atoms with Crippen LogP contribution in [-0.4, -0.2) is 43.8 Å². The Morgan fingerprint density at radius 3 is 2.80 bits per heavy atom. The molecule has 0 bridgehead atoms. The first-order chi connectivity index (χ1) is 9.83. The van der Waals surface area contributed by atoms with Crippen molar-refractivity contribution < 1.29 is 4.74 Å². The lowest BCUT2D eigenvalue weighted by Gasteiger charge is -2.33. The van der Waals surface area contributed by atoms with E-state index in [0.717, 1.165) is 32.8 Å². The Hall–Kier alpha value is -0.900. The summed E-state index contributed by atoms with van der Waals surface area (Å²) >= 11 is 0. The number of ether oxygens (including phenoxy) is 1. The molecule has 2 atom stereocenters. The topological polar surface area (TPSA) is 24.5 Å². The van der Waals surface area contributed by atoms with Gasteiger partial charge in [-0.1, -0.05) is 50.6 Å². The molecule has 1 aliphatic rings. The molecule has 0 amide bonds. The Morgan fingerprint density at radius 2 is 2.10 bits per heavy atom. The Labute approximate surface area is 123 Å². The summed E-state index contributed by atoms with van der Waals surface area (Å²) in [6.07, 6.45) is 2.69. The third-order valence-corrected chi connectivity index (χ3v) is 4.04. The molecule has 112 valence electrons. The van der Waals surface area contributed by atoms with Gasteiger partial charge in [0, 0.05) is 25.7 Å². The van der Waals surface area contributed by atoms with E-state index in [0.29, 0.717) is 12.1 Å². The maximum atomic E-state index is 5.87. The van der Waals surface area contributed by atoms with Crippen LogP contribution in [0, 0.1) is 0 Å². The summed E-state index contributed by atoms with van der Waals surface area (Å²) in [6.45, 7) is 9.52. The molecule has 1 fully saturated rings. The molecule has 3 heteroatoms. The van der Waals surface area contributed by atoms with Crippen molar-refractivity contribution in [3.63, 3.8) is 0 Å². The van der Waals surface area contributed by atoms with Crippen molar-refractivity contribution in [1.29, 1.82) is 0 Å². The van der Waals surface area contributed by atoms with Gasteiger partial charge in [-0.3, -0.25) is 4.90 Å². The predicted molar refractivity (Wildman–Crippen MR) is 83.9 cm³/mol. The summed E-state index contributed by atoms with van der Waals surface area (Å²) in [6, 6.07) is 11.2. The molecule has 1 N–H and O–H groups in total. The van der Waals surface area contributed by atoms with Gasteiger partial charge in [-0.15, -0.1) is 0 Å². The van der Waals surface area contributed by atoms with Gasteiger partial charge in [0.05, 0.1) is 12.7 Å². The molecule has 2 unspecified atom stereocenters. The summed E-state index contributed by atoms with van der Waals surface area (Å²) in [5.41, 5.74) is 1.39. The number of nitrogens with one attached hydrogen (secondary N) is 1. The van der Waals surface area contributed by atoms with Crippen LogP contribution < -0.4 is 5.32 Å². The van der Waals surface area contributed by atoms with Crippen LogP contribution >= 0.6 is 0 Å². The summed E-state index contributed by atoms with van der Waals surface area (Å²) in [4.78, 5) is 2.47. The number of rotatable bonds is 7. The third kappa shape index (κ3) is 4.58. The van der Waals surface area contributed by atoms with Gasteiger partial charge < -0.3 is 10.1 Å². The highest BCUT2D eigenvalue weighted by Gasteiger charge is 2.20. The van der Waals surface area contributed by atoms with E-state index in [1.54, 1.807) is 0 Å². The molecule has 1 aromatic rings. The van der Waals surface area contributed by atoms with Crippen LogP contribution in [0.15, 0.2) is 30.3 Å². The maximum Gasteiger partial charge on any atom is 0.0826 e. The highest BCUT2D eigenvalue weighted by atomic mass is 16.5. The molecule has 1 heterocycles. The number of likely N-dealkylation sites (N-methyl/N-ethyl adjacent to an activating group) is 1. The molecule has 3 nitrogen and oxygen atoms in total. The van der Waals surface area contributed by atoms with Crippen LogP contribution in [0.3, 0.4) is 0 Å². The smallest absolute Gasteiger partial charge is 0.0826 e. The molecule has 1 saturated heterocycles. The maximum absolute atomic E-state index is 5.87. The molecule has 0 aliphatic carbocycles. The molecule has 1 aliphatic heterocycles. The average molecular weight is 276 g/mol. The van der Waals surface area contributed by atoms with E-state index < -0.39 is 0 Å². The lowest BCUT2D eigenvalue weighted by molar-refractivity contribution is -0.0265. The summed E-state index contributed by atoms with van der Waals surface area (Å²) in [7, 11) is 0. The zero-order valence-corrected chi connectivity index (χ0v) is 12.8. The second kappa shape index (κ2) is 8.40. The SMILES string of the molecule is CCCC(NCC1CN(CC)CCO1)c1ccccc1. The fraction of sp³-hybridized carbons (Fsp3) is 0.647. The van der Waals surface area contributed by atoms with Crippen LogP contribution in [0.5, 0.6) is 0 Å². The monoisotopic (exact) mass is 276 g/mol. The number of morpholine rings is 1. The van der Waals surface area contributed by atoms with E-state index in [9.17, 15) is 0 Å². The molecule has 0 radical (unpaired) electrons. The fourth-order valence-corrected chi connectivity index (χ4v) is 2.83. The van der Waals surface area contributed by atoms with Crippen molar-refractivity contribution in [3.05, 3.63) is 35.9 Å². The first kappa shape index (κ1) is 15.5. The second-order valence-corrected chi connectivity index (χ2v) is 5.55. The Bertz CT molecular complexity index is 369. The van der Waals surface area contributed by atoms with E-state index in [1.807, 2.05) is 0 Å². The Morgan fingerprint density at radius 1 is 1.30 bits per heavy atom. The van der Waals surface area contributed by atoms with Gasteiger partial charge in [-0.25, -0.2) is 0 Å². The zero-order valence-electron chi connectivity index (χ0n) is 12.8. The van der Waals surface area contributed by atoms with Crippen molar-refractivity contribution in [2.75, 3.05) is 32.8 Å². The highest BCUT2D eigenvalue weighted by Crippen LogP contribution is 2.18. The Kier molecular flexibility index (Phi) is 6.51. The molecule has 2 rings (SSSR count). The lowest BCUT2D eigenvalue weighted by atomic mass is 10.0. The first-order valence-corrected chi connectivity index (χ1v) is 7.95. The molecule has 0 spiro atoms. The standard InChI is InChI=1S/C17H28N2O/c1-3-8-17(15-9-6-5-7-10-15)18-13-16-14-19(4-2)11-12-20-16/h5-7,9-10,16-18H,3-4,8,11-14H2,1-2H3. The van der Waals surface area contributed by atoms with Crippen LogP contribution in [0.25, 0.3) is 0 Å². The number of benzene rings is 1. The normalized spacial score (nSPS) is 21.8. The van der Waals surface area contributed by atoms with E-state index in [1.165, 1.54) is 18.4 Å². The minimum atomic E-state index is 0.326. The average Bonchev–Trinajstić information content (AvgIpc) is 2.52. The minimum Gasteiger partial charge on any atom is -0.374 e. The van der Waals surface area contributed by atoms with Crippen molar-refractivity contribution in [1.82, 2.24) is 10.2 Å². The molecule has 20 heavy (non-hydrogen) atoms. The van der Waals surface area contributed by atoms with Crippen LogP contribution in [-0.2, 0) is 4.74 Å². The van der Waals surface area contributed by atoms with Crippen LogP contribution in [0.1, 0.15) is 38.3 Å².